The van der Waals surface area contributed by atoms with Crippen molar-refractivity contribution in [3.8, 4) is 0 Å². The van der Waals surface area contributed by atoms with Gasteiger partial charge in [0.15, 0.2) is 0 Å². The van der Waals surface area contributed by atoms with Crippen molar-refractivity contribution in [2.45, 2.75) is 37.5 Å². The number of halogens is 1. The number of benzene rings is 1. The molecule has 1 aromatic carbocycles. The van der Waals surface area contributed by atoms with Crippen LogP contribution in [0.2, 0.25) is 5.02 Å². The van der Waals surface area contributed by atoms with Gasteiger partial charge < -0.3 is 5.32 Å². The van der Waals surface area contributed by atoms with Crippen molar-refractivity contribution < 1.29 is 4.92 Å². The van der Waals surface area contributed by atoms with Crippen LogP contribution in [0.25, 0.3) is 0 Å². The number of nitro benzene ring substituents is 1. The third-order valence-electron chi connectivity index (χ3n) is 3.31. The number of hydrogen-bond donors (Lipinski definition) is 1. The van der Waals surface area contributed by atoms with Crippen LogP contribution in [0.1, 0.15) is 26.2 Å². The van der Waals surface area contributed by atoms with Crippen molar-refractivity contribution in [3.05, 3.63) is 33.3 Å². The van der Waals surface area contributed by atoms with E-state index in [1.54, 1.807) is 6.07 Å². The van der Waals surface area contributed by atoms with Crippen molar-refractivity contribution in [2.75, 3.05) is 11.1 Å². The molecular weight excluding hydrogens is 284 g/mol. The molecule has 1 aliphatic rings. The Kier molecular flexibility index (Phi) is 4.93. The molecule has 1 aromatic rings. The predicted molar refractivity (Wildman–Crippen MR) is 81.3 cm³/mol. The number of nitro groups is 1. The zero-order chi connectivity index (χ0) is 13.8. The van der Waals surface area contributed by atoms with E-state index < -0.39 is 4.92 Å². The molecule has 19 heavy (non-hydrogen) atoms. The Morgan fingerprint density at radius 1 is 1.53 bits per heavy atom. The molecule has 0 aromatic heterocycles. The molecule has 1 N–H and O–H groups in total. The zero-order valence-electron chi connectivity index (χ0n) is 10.8. The Morgan fingerprint density at radius 3 is 2.95 bits per heavy atom. The Labute approximate surface area is 122 Å². The molecule has 0 amide bonds. The molecule has 0 spiro atoms. The van der Waals surface area contributed by atoms with Crippen LogP contribution in [-0.4, -0.2) is 22.0 Å². The molecule has 6 heteroatoms. The van der Waals surface area contributed by atoms with E-state index in [-0.39, 0.29) is 5.69 Å². The number of nitrogens with zero attached hydrogens (tertiary/aromatic N) is 1. The van der Waals surface area contributed by atoms with Gasteiger partial charge in [-0.1, -0.05) is 18.5 Å². The molecule has 1 aliphatic carbocycles. The Hall–Kier alpha value is -0.940. The topological polar surface area (TPSA) is 55.2 Å². The number of nitrogens with one attached hydrogen (secondary N) is 1. The molecule has 1 saturated carbocycles. The molecular formula is C13H17ClN2O2S. The van der Waals surface area contributed by atoms with Crippen LogP contribution in [0.4, 0.5) is 11.4 Å². The molecule has 0 radical (unpaired) electrons. The summed E-state index contributed by atoms with van der Waals surface area (Å²) in [6.45, 7) is 2.18. The average molecular weight is 301 g/mol. The minimum absolute atomic E-state index is 0.0291. The number of thioether (sulfide) groups is 1. The molecule has 4 nitrogen and oxygen atoms in total. The summed E-state index contributed by atoms with van der Waals surface area (Å²) in [5.74, 6) is 1.15. The highest BCUT2D eigenvalue weighted by Gasteiger charge is 2.25. The van der Waals surface area contributed by atoms with Crippen molar-refractivity contribution in [2.24, 2.45) is 0 Å². The second-order valence-electron chi connectivity index (χ2n) is 4.65. The highest BCUT2D eigenvalue weighted by atomic mass is 35.5. The van der Waals surface area contributed by atoms with E-state index in [4.69, 9.17) is 11.6 Å². The standard InChI is InChI=1S/C13H17ClN2O2S/c1-2-19-11-5-3-9(7-11)15-13-6-4-10(16(17)18)8-12(13)14/h4,6,8-9,11,15H,2-3,5,7H2,1H3. The fourth-order valence-corrected chi connectivity index (χ4v) is 3.78. The average Bonchev–Trinajstić information content (AvgIpc) is 2.79. The molecule has 104 valence electrons. The van der Waals surface area contributed by atoms with Crippen LogP contribution in [0.5, 0.6) is 0 Å². The molecule has 2 rings (SSSR count). The lowest BCUT2D eigenvalue weighted by Gasteiger charge is -2.15. The van der Waals surface area contributed by atoms with Crippen LogP contribution < -0.4 is 5.32 Å². The second-order valence-corrected chi connectivity index (χ2v) is 6.64. The van der Waals surface area contributed by atoms with Gasteiger partial charge in [0, 0.05) is 23.4 Å². The van der Waals surface area contributed by atoms with Crippen LogP contribution in [0.15, 0.2) is 18.2 Å². The maximum atomic E-state index is 10.6. The van der Waals surface area contributed by atoms with E-state index in [0.717, 1.165) is 29.5 Å². The minimum Gasteiger partial charge on any atom is -0.381 e. The van der Waals surface area contributed by atoms with Gasteiger partial charge in [-0.15, -0.1) is 0 Å². The third-order valence-corrected chi connectivity index (χ3v) is 4.86. The lowest BCUT2D eigenvalue weighted by Crippen LogP contribution is -2.16. The summed E-state index contributed by atoms with van der Waals surface area (Å²) in [7, 11) is 0. The Balaban J connectivity index is 1.98. The van der Waals surface area contributed by atoms with Gasteiger partial charge in [-0.05, 0) is 31.1 Å². The van der Waals surface area contributed by atoms with Crippen LogP contribution in [0, 0.1) is 10.1 Å². The van der Waals surface area contributed by atoms with E-state index in [9.17, 15) is 10.1 Å². The van der Waals surface area contributed by atoms with E-state index in [0.29, 0.717) is 11.1 Å². The second kappa shape index (κ2) is 6.48. The maximum Gasteiger partial charge on any atom is 0.271 e. The summed E-state index contributed by atoms with van der Waals surface area (Å²) >= 11 is 8.08. The lowest BCUT2D eigenvalue weighted by molar-refractivity contribution is -0.384. The van der Waals surface area contributed by atoms with Gasteiger partial charge in [-0.3, -0.25) is 10.1 Å². The fourth-order valence-electron chi connectivity index (χ4n) is 2.41. The molecule has 2 atom stereocenters. The fraction of sp³-hybridized carbons (Fsp3) is 0.538. The minimum atomic E-state index is -0.431. The van der Waals surface area contributed by atoms with Crippen molar-refractivity contribution in [1.82, 2.24) is 0 Å². The van der Waals surface area contributed by atoms with E-state index >= 15 is 0 Å². The van der Waals surface area contributed by atoms with Gasteiger partial charge >= 0.3 is 0 Å². The molecule has 0 saturated heterocycles. The Bertz CT molecular complexity index is 470. The van der Waals surface area contributed by atoms with Crippen molar-refractivity contribution in [3.63, 3.8) is 0 Å². The summed E-state index contributed by atoms with van der Waals surface area (Å²) in [5, 5.41) is 15.2. The van der Waals surface area contributed by atoms with Gasteiger partial charge in [-0.2, -0.15) is 11.8 Å². The van der Waals surface area contributed by atoms with Crippen molar-refractivity contribution in [1.29, 1.82) is 0 Å². The smallest absolute Gasteiger partial charge is 0.271 e. The molecule has 1 fully saturated rings. The summed E-state index contributed by atoms with van der Waals surface area (Å²) in [4.78, 5) is 10.2. The molecule has 2 unspecified atom stereocenters. The van der Waals surface area contributed by atoms with E-state index in [1.165, 1.54) is 18.6 Å². The lowest BCUT2D eigenvalue weighted by atomic mass is 10.2. The Morgan fingerprint density at radius 2 is 2.32 bits per heavy atom. The summed E-state index contributed by atoms with van der Waals surface area (Å²) < 4.78 is 0. The monoisotopic (exact) mass is 300 g/mol. The van der Waals surface area contributed by atoms with Crippen LogP contribution in [0.3, 0.4) is 0 Å². The number of hydrogen-bond acceptors (Lipinski definition) is 4. The summed E-state index contributed by atoms with van der Waals surface area (Å²) in [6, 6.07) is 5.00. The number of rotatable bonds is 5. The first kappa shape index (κ1) is 14.5. The SMILES string of the molecule is CCSC1CCC(Nc2ccc([N+](=O)[O-])cc2Cl)C1. The van der Waals surface area contributed by atoms with Crippen LogP contribution >= 0.6 is 23.4 Å². The maximum absolute atomic E-state index is 10.6. The first-order valence-electron chi connectivity index (χ1n) is 6.42. The van der Waals surface area contributed by atoms with Gasteiger partial charge in [0.05, 0.1) is 15.6 Å². The van der Waals surface area contributed by atoms with Gasteiger partial charge in [0.1, 0.15) is 0 Å². The summed E-state index contributed by atoms with van der Waals surface area (Å²) in [5.41, 5.74) is 0.820. The normalized spacial score (nSPS) is 22.4. The highest BCUT2D eigenvalue weighted by Crippen LogP contribution is 2.34. The number of anilines is 1. The molecule has 0 heterocycles. The highest BCUT2D eigenvalue weighted by molar-refractivity contribution is 7.99. The third kappa shape index (κ3) is 3.76. The van der Waals surface area contributed by atoms with E-state index in [2.05, 4.69) is 12.2 Å². The largest absolute Gasteiger partial charge is 0.381 e. The van der Waals surface area contributed by atoms with E-state index in [1.807, 2.05) is 11.8 Å². The van der Waals surface area contributed by atoms with Gasteiger partial charge in [0.25, 0.3) is 5.69 Å². The van der Waals surface area contributed by atoms with Gasteiger partial charge in [0.2, 0.25) is 0 Å². The quantitative estimate of drug-likeness (QED) is 0.649. The first-order valence-corrected chi connectivity index (χ1v) is 7.85. The molecule has 0 aliphatic heterocycles. The number of non-ortho nitro benzene ring substituents is 1. The molecule has 0 bridgehead atoms. The summed E-state index contributed by atoms with van der Waals surface area (Å²) in [6.07, 6.45) is 3.48. The predicted octanol–water partition coefficient (Wildman–Crippen LogP) is 4.33. The first-order chi connectivity index (χ1) is 9.10. The zero-order valence-corrected chi connectivity index (χ0v) is 12.3. The van der Waals surface area contributed by atoms with Crippen LogP contribution in [-0.2, 0) is 0 Å². The van der Waals surface area contributed by atoms with Gasteiger partial charge in [-0.25, -0.2) is 0 Å². The van der Waals surface area contributed by atoms with Crippen molar-refractivity contribution >= 4 is 34.7 Å².